The van der Waals surface area contributed by atoms with Crippen molar-refractivity contribution < 1.29 is 14.3 Å². The number of nitrogens with zero attached hydrogens (tertiary/aromatic N) is 2. The van der Waals surface area contributed by atoms with Crippen LogP contribution in [0.1, 0.15) is 24.3 Å². The van der Waals surface area contributed by atoms with Gasteiger partial charge in [-0.2, -0.15) is 0 Å². The molecule has 1 amide bonds. The number of aromatic nitrogens is 2. The van der Waals surface area contributed by atoms with Crippen molar-refractivity contribution in [3.05, 3.63) is 54.5 Å². The fourth-order valence-corrected chi connectivity index (χ4v) is 2.57. The summed E-state index contributed by atoms with van der Waals surface area (Å²) in [5.41, 5.74) is 8.03. The monoisotopic (exact) mass is 387 g/mol. The minimum absolute atomic E-state index is 0. The van der Waals surface area contributed by atoms with E-state index >= 15 is 0 Å². The van der Waals surface area contributed by atoms with E-state index in [0.717, 1.165) is 22.3 Å². The molecule has 3 rings (SSSR count). The maximum Gasteiger partial charge on any atom is 0.267 e. The van der Waals surface area contributed by atoms with Crippen molar-refractivity contribution in [2.75, 3.05) is 13.2 Å². The molecule has 6 nitrogen and oxygen atoms in total. The third-order valence-electron chi connectivity index (χ3n) is 3.82. The van der Waals surface area contributed by atoms with Crippen LogP contribution in [0.5, 0.6) is 5.75 Å². The Hall–Kier alpha value is -2.70. The van der Waals surface area contributed by atoms with Crippen molar-refractivity contribution in [1.82, 2.24) is 9.97 Å². The van der Waals surface area contributed by atoms with Crippen molar-refractivity contribution in [1.29, 1.82) is 0 Å². The van der Waals surface area contributed by atoms with E-state index in [1.165, 1.54) is 0 Å². The third kappa shape index (κ3) is 5.15. The third-order valence-corrected chi connectivity index (χ3v) is 3.82. The van der Waals surface area contributed by atoms with Gasteiger partial charge in [-0.3, -0.25) is 9.78 Å². The molecule has 0 aliphatic heterocycles. The molecule has 0 aliphatic carbocycles. The highest BCUT2D eigenvalue weighted by Crippen LogP contribution is 2.28. The summed E-state index contributed by atoms with van der Waals surface area (Å²) in [6.07, 6.45) is 3.63. The smallest absolute Gasteiger partial charge is 0.267 e. The van der Waals surface area contributed by atoms with Crippen LogP contribution < -0.4 is 10.5 Å². The van der Waals surface area contributed by atoms with Crippen LogP contribution >= 0.6 is 12.4 Å². The first-order chi connectivity index (χ1) is 12.5. The van der Waals surface area contributed by atoms with Gasteiger partial charge >= 0.3 is 0 Å². The summed E-state index contributed by atoms with van der Waals surface area (Å²) in [5.74, 6) is 0.210. The molecule has 0 unspecified atom stereocenters. The number of fused-ring (bicyclic) bond motifs is 1. The van der Waals surface area contributed by atoms with Gasteiger partial charge in [-0.1, -0.05) is 12.1 Å². The first-order valence-electron chi connectivity index (χ1n) is 8.44. The van der Waals surface area contributed by atoms with Crippen LogP contribution in [0, 0.1) is 0 Å². The van der Waals surface area contributed by atoms with E-state index < -0.39 is 5.91 Å². The van der Waals surface area contributed by atoms with E-state index in [0.29, 0.717) is 18.7 Å². The molecule has 2 heterocycles. The van der Waals surface area contributed by atoms with Crippen LogP contribution in [0.2, 0.25) is 0 Å². The minimum Gasteiger partial charge on any atom is -0.491 e. The number of pyridine rings is 2. The van der Waals surface area contributed by atoms with Gasteiger partial charge in [0.25, 0.3) is 5.91 Å². The molecule has 0 atom stereocenters. The molecular weight excluding hydrogens is 366 g/mol. The average Bonchev–Trinajstić information content (AvgIpc) is 2.64. The molecule has 0 saturated heterocycles. The number of primary amides is 1. The lowest BCUT2D eigenvalue weighted by atomic mass is 10.0. The van der Waals surface area contributed by atoms with Crippen molar-refractivity contribution >= 4 is 29.2 Å². The molecule has 0 spiro atoms. The number of carbonyl (C=O) groups excluding carboxylic acids is 1. The van der Waals surface area contributed by atoms with Crippen molar-refractivity contribution in [2.45, 2.75) is 20.0 Å². The number of hydrogen-bond acceptors (Lipinski definition) is 5. The largest absolute Gasteiger partial charge is 0.491 e. The van der Waals surface area contributed by atoms with Gasteiger partial charge < -0.3 is 15.2 Å². The Morgan fingerprint density at radius 1 is 1.07 bits per heavy atom. The van der Waals surface area contributed by atoms with Crippen LogP contribution in [0.15, 0.2) is 48.8 Å². The molecule has 27 heavy (non-hydrogen) atoms. The fraction of sp³-hybridized carbons (Fsp3) is 0.250. The standard InChI is InChI=1S/C20H21N3O3.ClH/c1-13(2)25-9-10-26-16-6-3-14(4-7-16)17-12-22-11-15-5-8-18(20(21)24)23-19(15)17;/h3-8,11-13H,9-10H2,1-2H3,(H2,21,24);1H. The zero-order valence-corrected chi connectivity index (χ0v) is 16.0. The van der Waals surface area contributed by atoms with Gasteiger partial charge in [0.2, 0.25) is 0 Å². The summed E-state index contributed by atoms with van der Waals surface area (Å²) in [6.45, 7) is 5.03. The first kappa shape index (κ1) is 20.6. The van der Waals surface area contributed by atoms with E-state index in [-0.39, 0.29) is 24.2 Å². The lowest BCUT2D eigenvalue weighted by Gasteiger charge is -2.10. The summed E-state index contributed by atoms with van der Waals surface area (Å²) >= 11 is 0. The maximum atomic E-state index is 11.4. The van der Waals surface area contributed by atoms with Gasteiger partial charge in [0, 0.05) is 23.3 Å². The summed E-state index contributed by atoms with van der Waals surface area (Å²) < 4.78 is 11.1. The van der Waals surface area contributed by atoms with Gasteiger partial charge in [0.15, 0.2) is 0 Å². The van der Waals surface area contributed by atoms with E-state index in [1.807, 2.05) is 38.1 Å². The molecule has 2 aromatic heterocycles. The van der Waals surface area contributed by atoms with Crippen LogP contribution in [-0.4, -0.2) is 35.2 Å². The molecule has 0 aliphatic rings. The van der Waals surface area contributed by atoms with Crippen LogP contribution in [-0.2, 0) is 4.74 Å². The number of benzene rings is 1. The molecule has 142 valence electrons. The quantitative estimate of drug-likeness (QED) is 0.625. The number of amides is 1. The number of ether oxygens (including phenoxy) is 2. The maximum absolute atomic E-state index is 11.4. The lowest BCUT2D eigenvalue weighted by Crippen LogP contribution is -2.12. The predicted molar refractivity (Wildman–Crippen MR) is 107 cm³/mol. The number of hydrogen-bond donors (Lipinski definition) is 1. The molecule has 0 radical (unpaired) electrons. The Morgan fingerprint density at radius 2 is 1.81 bits per heavy atom. The highest BCUT2D eigenvalue weighted by Gasteiger charge is 2.09. The molecular formula is C20H22ClN3O3. The molecule has 3 aromatic rings. The summed E-state index contributed by atoms with van der Waals surface area (Å²) in [6, 6.07) is 11.1. The molecule has 0 saturated carbocycles. The molecule has 7 heteroatoms. The SMILES string of the molecule is CC(C)OCCOc1ccc(-c2cncc3ccc(C(N)=O)nc23)cc1.Cl. The van der Waals surface area contributed by atoms with E-state index in [1.54, 1.807) is 24.5 Å². The van der Waals surface area contributed by atoms with E-state index in [2.05, 4.69) is 9.97 Å². The number of rotatable bonds is 7. The van der Waals surface area contributed by atoms with Crippen molar-refractivity contribution in [2.24, 2.45) is 5.73 Å². The van der Waals surface area contributed by atoms with Crippen LogP contribution in [0.4, 0.5) is 0 Å². The topological polar surface area (TPSA) is 87.3 Å². The molecule has 2 N–H and O–H groups in total. The second-order valence-electron chi connectivity index (χ2n) is 6.11. The molecule has 0 fully saturated rings. The Labute approximate surface area is 164 Å². The highest BCUT2D eigenvalue weighted by atomic mass is 35.5. The van der Waals surface area contributed by atoms with Gasteiger partial charge in [0.1, 0.15) is 18.1 Å². The van der Waals surface area contributed by atoms with E-state index in [4.69, 9.17) is 15.2 Å². The van der Waals surface area contributed by atoms with Crippen molar-refractivity contribution in [3.63, 3.8) is 0 Å². The highest BCUT2D eigenvalue weighted by molar-refractivity contribution is 5.97. The summed E-state index contributed by atoms with van der Waals surface area (Å²) in [7, 11) is 0. The number of carbonyl (C=O) groups is 1. The molecule has 1 aromatic carbocycles. The van der Waals surface area contributed by atoms with Gasteiger partial charge in [-0.15, -0.1) is 12.4 Å². The van der Waals surface area contributed by atoms with Gasteiger partial charge in [-0.05, 0) is 43.7 Å². The predicted octanol–water partition coefficient (Wildman–Crippen LogP) is 3.62. The Bertz CT molecular complexity index is 914. The van der Waals surface area contributed by atoms with Crippen LogP contribution in [0.3, 0.4) is 0 Å². The first-order valence-corrected chi connectivity index (χ1v) is 8.44. The second kappa shape index (κ2) is 9.30. The minimum atomic E-state index is -0.554. The zero-order chi connectivity index (χ0) is 18.5. The Kier molecular flexibility index (Phi) is 7.10. The second-order valence-corrected chi connectivity index (χ2v) is 6.11. The summed E-state index contributed by atoms with van der Waals surface area (Å²) in [4.78, 5) is 20.1. The lowest BCUT2D eigenvalue weighted by molar-refractivity contribution is 0.0553. The Balaban J connectivity index is 0.00000261. The summed E-state index contributed by atoms with van der Waals surface area (Å²) in [5, 5.41) is 0.846. The fourth-order valence-electron chi connectivity index (χ4n) is 2.57. The van der Waals surface area contributed by atoms with E-state index in [9.17, 15) is 4.79 Å². The normalized spacial score (nSPS) is 10.6. The van der Waals surface area contributed by atoms with Gasteiger partial charge in [-0.25, -0.2) is 4.98 Å². The molecule has 0 bridgehead atoms. The Morgan fingerprint density at radius 3 is 2.48 bits per heavy atom. The average molecular weight is 388 g/mol. The van der Waals surface area contributed by atoms with Gasteiger partial charge in [0.05, 0.1) is 18.2 Å². The van der Waals surface area contributed by atoms with Crippen molar-refractivity contribution in [3.8, 4) is 16.9 Å². The zero-order valence-electron chi connectivity index (χ0n) is 15.2. The number of nitrogens with two attached hydrogens (primary N) is 1. The number of halogens is 1. The van der Waals surface area contributed by atoms with Crippen LogP contribution in [0.25, 0.3) is 22.0 Å².